The van der Waals surface area contributed by atoms with Crippen molar-refractivity contribution in [2.75, 3.05) is 24.4 Å². The van der Waals surface area contributed by atoms with Crippen LogP contribution in [0.1, 0.15) is 23.7 Å². The van der Waals surface area contributed by atoms with Gasteiger partial charge >= 0.3 is 0 Å². The summed E-state index contributed by atoms with van der Waals surface area (Å²) in [5.41, 5.74) is 2.01. The highest BCUT2D eigenvalue weighted by atomic mass is 32.1. The van der Waals surface area contributed by atoms with Gasteiger partial charge in [0.25, 0.3) is 11.5 Å². The van der Waals surface area contributed by atoms with E-state index < -0.39 is 0 Å². The number of nitrogens with zero attached hydrogens (tertiary/aromatic N) is 2. The van der Waals surface area contributed by atoms with E-state index in [0.717, 1.165) is 4.70 Å². The average molecular weight is 484 g/mol. The molecule has 0 radical (unpaired) electrons. The Morgan fingerprint density at radius 2 is 2.03 bits per heavy atom. The number of fused-ring (bicyclic) bond motifs is 2. The Morgan fingerprint density at radius 1 is 1.21 bits per heavy atom. The van der Waals surface area contributed by atoms with Crippen LogP contribution in [0.15, 0.2) is 41.2 Å². The second-order valence-corrected chi connectivity index (χ2v) is 8.75. The zero-order valence-electron chi connectivity index (χ0n) is 17.9. The number of hydrogen-bond donors (Lipinski definition) is 3. The summed E-state index contributed by atoms with van der Waals surface area (Å²) >= 11 is 6.63. The monoisotopic (exact) mass is 483 g/mol. The molecule has 11 heteroatoms. The van der Waals surface area contributed by atoms with Crippen LogP contribution in [0.5, 0.6) is 0 Å². The highest BCUT2D eigenvalue weighted by molar-refractivity contribution is 7.71. The molecule has 0 saturated carbocycles. The summed E-state index contributed by atoms with van der Waals surface area (Å²) in [6.45, 7) is 2.41. The van der Waals surface area contributed by atoms with Gasteiger partial charge in [0, 0.05) is 38.4 Å². The molecule has 33 heavy (non-hydrogen) atoms. The van der Waals surface area contributed by atoms with Crippen LogP contribution >= 0.6 is 23.6 Å². The Bertz CT molecular complexity index is 1490. The minimum Gasteiger partial charge on any atom is -0.385 e. The summed E-state index contributed by atoms with van der Waals surface area (Å²) < 4.78 is 7.65. The molecule has 0 atom stereocenters. The fourth-order valence-electron chi connectivity index (χ4n) is 3.39. The first-order valence-corrected chi connectivity index (χ1v) is 11.3. The molecule has 3 N–H and O–H groups in total. The zero-order valence-corrected chi connectivity index (χ0v) is 19.6. The minimum absolute atomic E-state index is 0.163. The summed E-state index contributed by atoms with van der Waals surface area (Å²) in [7, 11) is 1.61. The molecule has 0 spiro atoms. The zero-order chi connectivity index (χ0) is 23.5. The van der Waals surface area contributed by atoms with Crippen molar-refractivity contribution in [1.82, 2.24) is 14.5 Å². The Kier molecular flexibility index (Phi) is 6.63. The molecular weight excluding hydrogens is 462 g/mol. The van der Waals surface area contributed by atoms with Gasteiger partial charge in [0.05, 0.1) is 21.1 Å². The topological polar surface area (TPSA) is 118 Å². The predicted molar refractivity (Wildman–Crippen MR) is 132 cm³/mol. The van der Waals surface area contributed by atoms with Gasteiger partial charge < -0.3 is 15.0 Å². The lowest BCUT2D eigenvalue weighted by molar-refractivity contribution is -0.114. The van der Waals surface area contributed by atoms with Gasteiger partial charge in [-0.3, -0.25) is 24.3 Å². The second-order valence-electron chi connectivity index (χ2n) is 7.33. The summed E-state index contributed by atoms with van der Waals surface area (Å²) in [5.74, 6) is -0.522. The lowest BCUT2D eigenvalue weighted by Crippen LogP contribution is -2.23. The number of nitrogens with one attached hydrogen (secondary N) is 3. The lowest BCUT2D eigenvalue weighted by Gasteiger charge is -2.09. The quantitative estimate of drug-likeness (QED) is 0.271. The van der Waals surface area contributed by atoms with Crippen LogP contribution in [0, 0.1) is 4.77 Å². The lowest BCUT2D eigenvalue weighted by atomic mass is 10.1. The normalized spacial score (nSPS) is 11.1. The second kappa shape index (κ2) is 9.61. The Hall–Kier alpha value is -3.41. The van der Waals surface area contributed by atoms with E-state index in [4.69, 9.17) is 17.0 Å². The largest absolute Gasteiger partial charge is 0.385 e. The number of aromatic amines is 1. The van der Waals surface area contributed by atoms with Gasteiger partial charge in [0.2, 0.25) is 5.91 Å². The number of H-pyrrole nitrogens is 1. The third-order valence-electron chi connectivity index (χ3n) is 4.90. The smallest absolute Gasteiger partial charge is 0.262 e. The van der Waals surface area contributed by atoms with Crippen LogP contribution in [0.2, 0.25) is 0 Å². The number of hydrogen-bond acceptors (Lipinski definition) is 7. The van der Waals surface area contributed by atoms with Gasteiger partial charge in [0.1, 0.15) is 0 Å². The van der Waals surface area contributed by atoms with Crippen LogP contribution in [-0.2, 0) is 16.1 Å². The van der Waals surface area contributed by atoms with E-state index in [1.807, 2.05) is 0 Å². The Labute approximate surface area is 197 Å². The Morgan fingerprint density at radius 3 is 2.79 bits per heavy atom. The first-order valence-electron chi connectivity index (χ1n) is 10.1. The first kappa shape index (κ1) is 22.8. The SMILES string of the molecule is COCCCn1c(=S)[nH]c2cc(C(=O)Nc3nc4ccc(NC(C)=O)cc4s3)ccc2c1=O. The standard InChI is InChI=1S/C22H21N5O4S2/c1-12(28)23-14-5-7-16-18(11-14)33-21(24-16)26-19(29)13-4-6-15-17(10-13)25-22(32)27(20(15)30)8-3-9-31-2/h4-7,10-11H,3,8-9H2,1-2H3,(H,23,28)(H,25,32)(H,24,26,29). The van der Waals surface area contributed by atoms with Crippen molar-refractivity contribution in [2.24, 2.45) is 0 Å². The van der Waals surface area contributed by atoms with Crippen molar-refractivity contribution in [1.29, 1.82) is 0 Å². The number of thiazole rings is 1. The molecule has 2 amide bonds. The van der Waals surface area contributed by atoms with E-state index in [-0.39, 0.29) is 17.4 Å². The number of carbonyl (C=O) groups is 2. The molecule has 0 unspecified atom stereocenters. The van der Waals surface area contributed by atoms with Crippen molar-refractivity contribution >= 4 is 67.3 Å². The highest BCUT2D eigenvalue weighted by Crippen LogP contribution is 2.29. The van der Waals surface area contributed by atoms with Crippen molar-refractivity contribution in [3.8, 4) is 0 Å². The van der Waals surface area contributed by atoms with E-state index in [1.165, 1.54) is 22.8 Å². The molecule has 9 nitrogen and oxygen atoms in total. The van der Waals surface area contributed by atoms with Gasteiger partial charge in [-0.15, -0.1) is 0 Å². The van der Waals surface area contributed by atoms with Crippen LogP contribution in [0.25, 0.3) is 21.1 Å². The minimum atomic E-state index is -0.360. The number of benzene rings is 2. The van der Waals surface area contributed by atoms with Gasteiger partial charge in [-0.2, -0.15) is 0 Å². The average Bonchev–Trinajstić information content (AvgIpc) is 3.16. The van der Waals surface area contributed by atoms with Gasteiger partial charge in [-0.05, 0) is 55.0 Å². The number of carbonyl (C=O) groups excluding carboxylic acids is 2. The van der Waals surface area contributed by atoms with E-state index in [0.29, 0.717) is 57.1 Å². The van der Waals surface area contributed by atoms with Gasteiger partial charge in [-0.25, -0.2) is 4.98 Å². The summed E-state index contributed by atoms with van der Waals surface area (Å²) in [5, 5.41) is 6.39. The maximum atomic E-state index is 12.8. The molecule has 0 aliphatic rings. The van der Waals surface area contributed by atoms with Crippen molar-refractivity contribution < 1.29 is 14.3 Å². The fourth-order valence-corrected chi connectivity index (χ4v) is 4.58. The summed E-state index contributed by atoms with van der Waals surface area (Å²) in [4.78, 5) is 44.3. The van der Waals surface area contributed by atoms with E-state index in [2.05, 4.69) is 20.6 Å². The molecule has 2 heterocycles. The van der Waals surface area contributed by atoms with E-state index in [9.17, 15) is 14.4 Å². The van der Waals surface area contributed by atoms with E-state index in [1.54, 1.807) is 43.5 Å². The molecule has 0 aliphatic heterocycles. The molecule has 4 aromatic rings. The van der Waals surface area contributed by atoms with Crippen LogP contribution in [-0.4, -0.2) is 40.1 Å². The number of aromatic nitrogens is 3. The molecule has 2 aromatic heterocycles. The third-order valence-corrected chi connectivity index (χ3v) is 6.16. The molecule has 0 fully saturated rings. The van der Waals surface area contributed by atoms with Crippen molar-refractivity contribution in [3.05, 3.63) is 57.1 Å². The predicted octanol–water partition coefficient (Wildman–Crippen LogP) is 3.92. The molecule has 4 rings (SSSR count). The molecule has 0 saturated heterocycles. The molecule has 170 valence electrons. The molecular formula is C22H21N5O4S2. The van der Waals surface area contributed by atoms with Crippen molar-refractivity contribution in [2.45, 2.75) is 19.9 Å². The molecule has 0 bridgehead atoms. The maximum Gasteiger partial charge on any atom is 0.262 e. The highest BCUT2D eigenvalue weighted by Gasteiger charge is 2.13. The van der Waals surface area contributed by atoms with Crippen LogP contribution < -0.4 is 16.2 Å². The van der Waals surface area contributed by atoms with Crippen LogP contribution in [0.3, 0.4) is 0 Å². The molecule has 2 aromatic carbocycles. The summed E-state index contributed by atoms with van der Waals surface area (Å²) in [6.07, 6.45) is 0.661. The summed E-state index contributed by atoms with van der Waals surface area (Å²) in [6, 6.07) is 10.1. The number of methoxy groups -OCH3 is 1. The Balaban J connectivity index is 1.58. The molecule has 0 aliphatic carbocycles. The van der Waals surface area contributed by atoms with Crippen molar-refractivity contribution in [3.63, 3.8) is 0 Å². The number of amides is 2. The third kappa shape index (κ3) is 5.00. The van der Waals surface area contributed by atoms with Gasteiger partial charge in [-0.1, -0.05) is 11.3 Å². The number of anilines is 2. The van der Waals surface area contributed by atoms with Gasteiger partial charge in [0.15, 0.2) is 9.90 Å². The first-order chi connectivity index (χ1) is 15.9. The maximum absolute atomic E-state index is 12.8. The number of rotatable bonds is 7. The number of ether oxygens (including phenoxy) is 1. The fraction of sp³-hybridized carbons (Fsp3) is 0.227. The van der Waals surface area contributed by atoms with Crippen LogP contribution in [0.4, 0.5) is 10.8 Å². The van der Waals surface area contributed by atoms with E-state index >= 15 is 0 Å².